The zero-order valence-corrected chi connectivity index (χ0v) is 10.5. The molecule has 0 unspecified atom stereocenters. The number of piperazine rings is 1. The summed E-state index contributed by atoms with van der Waals surface area (Å²) in [5.74, 6) is -0.700. The number of nitrogens with zero attached hydrogens (tertiary/aromatic N) is 2. The van der Waals surface area contributed by atoms with E-state index in [0.29, 0.717) is 18.7 Å². The zero-order valence-electron chi connectivity index (χ0n) is 10.5. The average molecular weight is 242 g/mol. The van der Waals surface area contributed by atoms with Crippen molar-refractivity contribution in [2.24, 2.45) is 0 Å². The van der Waals surface area contributed by atoms with E-state index < -0.39 is 5.97 Å². The molecule has 0 aromatic heterocycles. The second kappa shape index (κ2) is 5.80. The Morgan fingerprint density at radius 3 is 2.47 bits per heavy atom. The average Bonchev–Trinajstić information content (AvgIpc) is 2.26. The van der Waals surface area contributed by atoms with Gasteiger partial charge in [-0.25, -0.2) is 0 Å². The summed E-state index contributed by atoms with van der Waals surface area (Å²) >= 11 is 0. The van der Waals surface area contributed by atoms with Crippen LogP contribution in [0.3, 0.4) is 0 Å². The van der Waals surface area contributed by atoms with Crippen molar-refractivity contribution in [1.82, 2.24) is 9.80 Å². The standard InChI is InChI=1S/C12H22N2O3/c1-17-11-8-10(9-11)14-6-4-13(5-7-14)3-2-12(15)16/h10-11H,2-9H2,1H3,(H,15,16). The smallest absolute Gasteiger partial charge is 0.304 e. The van der Waals surface area contributed by atoms with Crippen LogP contribution in [0.2, 0.25) is 0 Å². The van der Waals surface area contributed by atoms with Gasteiger partial charge in [0.15, 0.2) is 0 Å². The minimum absolute atomic E-state index is 0.259. The summed E-state index contributed by atoms with van der Waals surface area (Å²) < 4.78 is 5.29. The second-order valence-electron chi connectivity index (χ2n) is 5.00. The van der Waals surface area contributed by atoms with Gasteiger partial charge in [0.25, 0.3) is 0 Å². The number of methoxy groups -OCH3 is 1. The SMILES string of the molecule is COC1CC(N2CCN(CCC(=O)O)CC2)C1. The van der Waals surface area contributed by atoms with Gasteiger partial charge in [0, 0.05) is 45.9 Å². The number of carbonyl (C=O) groups is 1. The number of carboxylic acids is 1. The molecule has 0 amide bonds. The minimum Gasteiger partial charge on any atom is -0.481 e. The van der Waals surface area contributed by atoms with Crippen LogP contribution >= 0.6 is 0 Å². The summed E-state index contributed by atoms with van der Waals surface area (Å²) in [5, 5.41) is 8.64. The van der Waals surface area contributed by atoms with E-state index in [0.717, 1.165) is 39.0 Å². The first-order valence-corrected chi connectivity index (χ1v) is 6.40. The number of hydrogen-bond acceptors (Lipinski definition) is 4. The number of carboxylic acid groups (broad SMARTS) is 1. The van der Waals surface area contributed by atoms with Gasteiger partial charge in [-0.3, -0.25) is 9.69 Å². The molecular weight excluding hydrogens is 220 g/mol. The highest BCUT2D eigenvalue weighted by Crippen LogP contribution is 2.28. The lowest BCUT2D eigenvalue weighted by molar-refractivity contribution is -0.137. The van der Waals surface area contributed by atoms with Crippen LogP contribution in [-0.2, 0) is 9.53 Å². The van der Waals surface area contributed by atoms with E-state index in [1.54, 1.807) is 7.11 Å². The molecule has 5 heteroatoms. The van der Waals surface area contributed by atoms with Crippen molar-refractivity contribution in [2.75, 3.05) is 39.8 Å². The molecular formula is C12H22N2O3. The Morgan fingerprint density at radius 1 is 1.29 bits per heavy atom. The highest BCUT2D eigenvalue weighted by atomic mass is 16.5. The lowest BCUT2D eigenvalue weighted by Crippen LogP contribution is -2.55. The van der Waals surface area contributed by atoms with Gasteiger partial charge in [-0.05, 0) is 12.8 Å². The maximum atomic E-state index is 10.5. The van der Waals surface area contributed by atoms with Gasteiger partial charge in [0.1, 0.15) is 0 Å². The minimum atomic E-state index is -0.700. The van der Waals surface area contributed by atoms with Crippen LogP contribution in [0.15, 0.2) is 0 Å². The Morgan fingerprint density at radius 2 is 1.94 bits per heavy atom. The molecule has 98 valence electrons. The maximum Gasteiger partial charge on any atom is 0.304 e. The molecule has 1 saturated carbocycles. The Balaban J connectivity index is 1.63. The van der Waals surface area contributed by atoms with Gasteiger partial charge in [0.2, 0.25) is 0 Å². The quantitative estimate of drug-likeness (QED) is 0.749. The third-order valence-corrected chi connectivity index (χ3v) is 3.97. The molecule has 2 aliphatic rings. The van der Waals surface area contributed by atoms with E-state index in [2.05, 4.69) is 9.80 Å². The van der Waals surface area contributed by atoms with Gasteiger partial charge in [-0.2, -0.15) is 0 Å². The van der Waals surface area contributed by atoms with E-state index in [1.807, 2.05) is 0 Å². The summed E-state index contributed by atoms with van der Waals surface area (Å²) in [5.41, 5.74) is 0. The Bertz CT molecular complexity index is 258. The van der Waals surface area contributed by atoms with Crippen LogP contribution < -0.4 is 0 Å². The molecule has 0 aromatic carbocycles. The lowest BCUT2D eigenvalue weighted by atomic mass is 9.87. The predicted molar refractivity (Wildman–Crippen MR) is 64.1 cm³/mol. The zero-order chi connectivity index (χ0) is 12.3. The fourth-order valence-electron chi connectivity index (χ4n) is 2.63. The summed E-state index contributed by atoms with van der Waals surface area (Å²) in [6.07, 6.45) is 3.04. The second-order valence-corrected chi connectivity index (χ2v) is 5.00. The molecule has 1 N–H and O–H groups in total. The number of hydrogen-bond donors (Lipinski definition) is 1. The van der Waals surface area contributed by atoms with Gasteiger partial charge >= 0.3 is 5.97 Å². The molecule has 1 saturated heterocycles. The lowest BCUT2D eigenvalue weighted by Gasteiger charge is -2.45. The number of aliphatic carboxylic acids is 1. The van der Waals surface area contributed by atoms with Crippen LogP contribution in [0.4, 0.5) is 0 Å². The van der Waals surface area contributed by atoms with E-state index >= 15 is 0 Å². The molecule has 0 aromatic rings. The maximum absolute atomic E-state index is 10.5. The highest BCUT2D eigenvalue weighted by Gasteiger charge is 2.34. The predicted octanol–water partition coefficient (Wildman–Crippen LogP) is 0.256. The molecule has 2 rings (SSSR count). The third kappa shape index (κ3) is 3.40. The van der Waals surface area contributed by atoms with E-state index in [1.165, 1.54) is 0 Å². The van der Waals surface area contributed by atoms with Crippen molar-refractivity contribution < 1.29 is 14.6 Å². The first-order chi connectivity index (χ1) is 8.19. The van der Waals surface area contributed by atoms with E-state index in [9.17, 15) is 4.79 Å². The van der Waals surface area contributed by atoms with Crippen molar-refractivity contribution in [2.45, 2.75) is 31.4 Å². The molecule has 1 aliphatic carbocycles. The normalized spacial score (nSPS) is 31.1. The monoisotopic (exact) mass is 242 g/mol. The summed E-state index contributed by atoms with van der Waals surface area (Å²) in [6, 6.07) is 0.696. The van der Waals surface area contributed by atoms with Gasteiger partial charge in [0.05, 0.1) is 12.5 Å². The van der Waals surface area contributed by atoms with Crippen LogP contribution in [-0.4, -0.2) is 72.9 Å². The highest BCUT2D eigenvalue weighted by molar-refractivity contribution is 5.66. The molecule has 2 fully saturated rings. The Labute approximate surface area is 102 Å². The molecule has 0 bridgehead atoms. The molecule has 17 heavy (non-hydrogen) atoms. The fraction of sp³-hybridized carbons (Fsp3) is 0.917. The molecule has 1 aliphatic heterocycles. The largest absolute Gasteiger partial charge is 0.481 e. The molecule has 1 heterocycles. The first kappa shape index (κ1) is 12.8. The van der Waals surface area contributed by atoms with Crippen LogP contribution in [0.25, 0.3) is 0 Å². The number of rotatable bonds is 5. The van der Waals surface area contributed by atoms with Gasteiger partial charge in [-0.1, -0.05) is 0 Å². The van der Waals surface area contributed by atoms with E-state index in [-0.39, 0.29) is 6.42 Å². The molecule has 0 atom stereocenters. The van der Waals surface area contributed by atoms with Crippen LogP contribution in [0.1, 0.15) is 19.3 Å². The topological polar surface area (TPSA) is 53.0 Å². The van der Waals surface area contributed by atoms with Crippen LogP contribution in [0, 0.1) is 0 Å². The van der Waals surface area contributed by atoms with Crippen molar-refractivity contribution >= 4 is 5.97 Å². The van der Waals surface area contributed by atoms with Crippen LogP contribution in [0.5, 0.6) is 0 Å². The van der Waals surface area contributed by atoms with Crippen molar-refractivity contribution in [3.05, 3.63) is 0 Å². The van der Waals surface area contributed by atoms with E-state index in [4.69, 9.17) is 9.84 Å². The Hall–Kier alpha value is -0.650. The summed E-state index contributed by atoms with van der Waals surface area (Å²) in [4.78, 5) is 15.3. The molecule has 0 radical (unpaired) electrons. The number of ether oxygens (including phenoxy) is 1. The molecule has 5 nitrogen and oxygen atoms in total. The van der Waals surface area contributed by atoms with Crippen molar-refractivity contribution in [3.63, 3.8) is 0 Å². The summed E-state index contributed by atoms with van der Waals surface area (Å²) in [7, 11) is 1.78. The van der Waals surface area contributed by atoms with Gasteiger partial charge in [-0.15, -0.1) is 0 Å². The van der Waals surface area contributed by atoms with Gasteiger partial charge < -0.3 is 14.7 Å². The first-order valence-electron chi connectivity index (χ1n) is 6.40. The summed E-state index contributed by atoms with van der Waals surface area (Å²) in [6.45, 7) is 4.83. The molecule has 0 spiro atoms. The Kier molecular flexibility index (Phi) is 4.36. The van der Waals surface area contributed by atoms with Crippen molar-refractivity contribution in [3.8, 4) is 0 Å². The van der Waals surface area contributed by atoms with Crippen molar-refractivity contribution in [1.29, 1.82) is 0 Å². The fourth-order valence-corrected chi connectivity index (χ4v) is 2.63. The third-order valence-electron chi connectivity index (χ3n) is 3.97.